The number of hydrogen-bond acceptors (Lipinski definition) is 18. The van der Waals surface area contributed by atoms with Crippen molar-refractivity contribution in [3.05, 3.63) is 313 Å². The molecule has 4 N–H and O–H groups in total. The number of nitrogens with one attached hydrogen (secondary N) is 4. The van der Waals surface area contributed by atoms with Gasteiger partial charge in [-0.15, -0.1) is 0 Å². The quantitative estimate of drug-likeness (QED) is 0.0290. The molecule has 30 heteroatoms. The minimum Gasteiger partial charge on any atom is -0.379 e. The van der Waals surface area contributed by atoms with Crippen LogP contribution in [0.5, 0.6) is 0 Å². The molecule has 0 saturated carbocycles. The standard InChI is InChI=1S/C27H29FN6O.C27H28FN5O2.C25H26FN5O.C24H24FN5O/c1-19-16-21(5-6-24(19)28)25-23(4-3-8-29-25)20-7-10-34-22(17-20)18-31-26(34)27(35)30-9-11-33-14-12-32(2)13-15-33;1-19-16-21(5-6-24(19)28)25-23(4-2-8-29-25)20-7-11-33-22(17-20)18-31-26(33)27(34)30-9-3-10-32-12-14-35-15-13-32;1-17-14-19(7-8-22(17)26)23-21(6-4-10-27-23)18-9-13-31-20(15-18)16-29-24(31)25(32)28-11-5-12-30(2)3;1-16-13-18(6-7-21(16)25)22-20(5-4-9-26-22)17-8-11-30-19(14-17)15-28-23(30)24(31)27-10-12-29(2)3/h3-8,10,16-18H,9,11-15H2,1-2H3,(H,30,35);2,4-8,11,16-18H,3,9-10,12-15H2,1H3,(H,30,34);4,6-10,13-16H,5,11-12H2,1-3H3,(H,28,32);4-9,11,13-15H,10,12H2,1-3H3,(H,27,31). The van der Waals surface area contributed by atoms with Crippen LogP contribution in [0, 0.1) is 51.0 Å². The van der Waals surface area contributed by atoms with Crippen molar-refractivity contribution in [2.45, 2.75) is 40.5 Å². The topological polar surface area (TPSA) is 263 Å². The lowest BCUT2D eigenvalue weighted by Crippen LogP contribution is -2.47. The van der Waals surface area contributed by atoms with Crippen LogP contribution in [0.25, 0.3) is 112 Å². The molecular weight excluding hydrogens is 1690 g/mol. The summed E-state index contributed by atoms with van der Waals surface area (Å²) in [6.07, 6.45) is 22.9. The predicted octanol–water partition coefficient (Wildman–Crippen LogP) is 15.4. The van der Waals surface area contributed by atoms with Gasteiger partial charge in [0, 0.05) is 173 Å². The number of carbonyl (C=O) groups excluding carboxylic acids is 4. The molecule has 133 heavy (non-hydrogen) atoms. The van der Waals surface area contributed by atoms with Crippen LogP contribution in [0.4, 0.5) is 17.6 Å². The molecule has 2 fully saturated rings. The molecule has 14 heterocycles. The fourth-order valence-electron chi connectivity index (χ4n) is 16.0. The molecule has 2 aliphatic heterocycles. The maximum Gasteiger partial charge on any atom is 0.287 e. The Morgan fingerprint density at radius 2 is 0.639 bits per heavy atom. The molecule has 4 amide bonds. The Balaban J connectivity index is 0.000000136. The minimum absolute atomic E-state index is 0.185. The third-order valence-electron chi connectivity index (χ3n) is 23.4. The molecule has 4 aromatic carbocycles. The van der Waals surface area contributed by atoms with E-state index in [9.17, 15) is 36.7 Å². The summed E-state index contributed by atoms with van der Waals surface area (Å²) in [5, 5.41) is 11.8. The normalized spacial score (nSPS) is 13.0. The highest BCUT2D eigenvalue weighted by atomic mass is 19.1. The zero-order valence-corrected chi connectivity index (χ0v) is 76.0. The zero-order valence-electron chi connectivity index (χ0n) is 76.0. The van der Waals surface area contributed by atoms with Crippen molar-refractivity contribution >= 4 is 45.7 Å². The first-order valence-electron chi connectivity index (χ1n) is 44.4. The number of carbonyl (C=O) groups is 4. The Morgan fingerprint density at radius 1 is 0.338 bits per heavy atom. The summed E-state index contributed by atoms with van der Waals surface area (Å²) in [7, 11) is 10.1. The number of fused-ring (bicyclic) bond motifs is 4. The van der Waals surface area contributed by atoms with Gasteiger partial charge < -0.3 is 40.7 Å². The highest BCUT2D eigenvalue weighted by Crippen LogP contribution is 2.37. The van der Waals surface area contributed by atoms with E-state index in [1.54, 1.807) is 137 Å². The van der Waals surface area contributed by atoms with E-state index in [1.165, 1.54) is 24.3 Å². The van der Waals surface area contributed by atoms with Crippen molar-refractivity contribution in [2.24, 2.45) is 0 Å². The first kappa shape index (κ1) is 93.3. The number of amides is 4. The number of ether oxygens (including phenoxy) is 1. The molecule has 16 aromatic rings. The first-order valence-corrected chi connectivity index (χ1v) is 44.4. The van der Waals surface area contributed by atoms with Gasteiger partial charge in [0.05, 0.1) is 82.8 Å². The number of morpholine rings is 1. The number of aromatic nitrogens is 12. The molecule has 2 aliphatic rings. The number of likely N-dealkylation sites (N-methyl/N-ethyl adjacent to an activating group) is 2. The van der Waals surface area contributed by atoms with Gasteiger partial charge in [0.15, 0.2) is 0 Å². The first-order chi connectivity index (χ1) is 64.5. The highest BCUT2D eigenvalue weighted by Gasteiger charge is 2.24. The number of aryl methyl sites for hydroxylation is 4. The number of imidazole rings is 4. The number of piperazine rings is 1. The summed E-state index contributed by atoms with van der Waals surface area (Å²) in [5.74, 6) is -0.294. The fourth-order valence-corrected chi connectivity index (χ4v) is 16.0. The van der Waals surface area contributed by atoms with E-state index in [0.717, 1.165) is 203 Å². The van der Waals surface area contributed by atoms with Crippen LogP contribution in [0.2, 0.25) is 0 Å². The third kappa shape index (κ3) is 23.0. The lowest BCUT2D eigenvalue weighted by atomic mass is 9.99. The van der Waals surface area contributed by atoms with Gasteiger partial charge in [0.25, 0.3) is 23.6 Å². The molecule has 12 aromatic heterocycles. The number of pyridine rings is 8. The van der Waals surface area contributed by atoms with Crippen LogP contribution in [-0.2, 0) is 4.74 Å². The van der Waals surface area contributed by atoms with E-state index in [2.05, 4.69) is 87.8 Å². The molecule has 18 rings (SSSR count). The second-order valence-electron chi connectivity index (χ2n) is 33.6. The zero-order chi connectivity index (χ0) is 93.2. The van der Waals surface area contributed by atoms with Crippen LogP contribution in [0.3, 0.4) is 0 Å². The van der Waals surface area contributed by atoms with Crippen molar-refractivity contribution in [1.82, 2.24) is 103 Å². The predicted molar refractivity (Wildman–Crippen MR) is 511 cm³/mol. The van der Waals surface area contributed by atoms with Gasteiger partial charge >= 0.3 is 0 Å². The minimum atomic E-state index is -0.238. The Hall–Kier alpha value is -14.4. The van der Waals surface area contributed by atoms with Crippen molar-refractivity contribution in [3.8, 4) is 89.5 Å². The SMILES string of the molecule is Cc1cc(-c2ncccc2-c2ccn3c(C(=O)NCCCN(C)C)ncc3c2)ccc1F.Cc1cc(-c2ncccc2-c2ccn3c(C(=O)NCCCN4CCOCC4)ncc3c2)ccc1F.Cc1cc(-c2ncccc2-c2ccn3c(C(=O)NCCN(C)C)ncc3c2)ccc1F.Cc1cc(-c2ncccc2-c2ccn3c(C(=O)NCCN4CCN(C)CC4)ncc3c2)ccc1F. The van der Waals surface area contributed by atoms with Gasteiger partial charge in [-0.25, -0.2) is 37.5 Å². The molecule has 0 aliphatic carbocycles. The second-order valence-corrected chi connectivity index (χ2v) is 33.6. The monoisotopic (exact) mass is 1790 g/mol. The van der Waals surface area contributed by atoms with Crippen LogP contribution in [-0.4, -0.2) is 246 Å². The summed E-state index contributed by atoms with van der Waals surface area (Å²) in [5.41, 5.74) is 19.6. The lowest BCUT2D eigenvalue weighted by molar-refractivity contribution is 0.0374. The third-order valence-corrected chi connectivity index (χ3v) is 23.4. The lowest BCUT2D eigenvalue weighted by Gasteiger charge is -2.32. The largest absolute Gasteiger partial charge is 0.379 e. The van der Waals surface area contributed by atoms with Crippen molar-refractivity contribution < 1.29 is 41.5 Å². The molecule has 682 valence electrons. The highest BCUT2D eigenvalue weighted by molar-refractivity contribution is 5.95. The average Bonchev–Trinajstić information content (AvgIpc) is 1.72. The second kappa shape index (κ2) is 43.6. The van der Waals surface area contributed by atoms with Crippen LogP contribution in [0.1, 0.15) is 77.6 Å². The van der Waals surface area contributed by atoms with Crippen molar-refractivity contribution in [3.63, 3.8) is 0 Å². The van der Waals surface area contributed by atoms with E-state index in [4.69, 9.17) is 4.74 Å². The summed E-state index contributed by atoms with van der Waals surface area (Å²) in [6, 6.07) is 51.2. The molecular formula is C103H107F4N21O5. The van der Waals surface area contributed by atoms with Crippen LogP contribution >= 0.6 is 0 Å². The Labute approximate surface area is 769 Å². The van der Waals surface area contributed by atoms with Gasteiger partial charge in [-0.2, -0.15) is 0 Å². The average molecular weight is 1800 g/mol. The van der Waals surface area contributed by atoms with E-state index in [-0.39, 0.29) is 46.9 Å². The number of halogens is 4. The number of benzene rings is 4. The summed E-state index contributed by atoms with van der Waals surface area (Å²) >= 11 is 0. The maximum absolute atomic E-state index is 13.8. The number of nitrogens with zero attached hydrogens (tertiary/aromatic N) is 17. The van der Waals surface area contributed by atoms with Crippen molar-refractivity contribution in [2.75, 3.05) is 140 Å². The van der Waals surface area contributed by atoms with Crippen molar-refractivity contribution in [1.29, 1.82) is 0 Å². The smallest absolute Gasteiger partial charge is 0.287 e. The van der Waals surface area contributed by atoms with Crippen LogP contribution < -0.4 is 21.3 Å². The molecule has 0 unspecified atom stereocenters. The van der Waals surface area contributed by atoms with E-state index in [1.807, 2.05) is 161 Å². The Kier molecular flexibility index (Phi) is 30.5. The van der Waals surface area contributed by atoms with Gasteiger partial charge in [-0.1, -0.05) is 24.3 Å². The summed E-state index contributed by atoms with van der Waals surface area (Å²) in [4.78, 5) is 97.4. The molecule has 2 saturated heterocycles. The van der Waals surface area contributed by atoms with E-state index in [0.29, 0.717) is 71.7 Å². The van der Waals surface area contributed by atoms with E-state index < -0.39 is 0 Å². The van der Waals surface area contributed by atoms with Gasteiger partial charge in [-0.3, -0.25) is 66.5 Å². The molecule has 0 radical (unpaired) electrons. The Morgan fingerprint density at radius 3 is 0.955 bits per heavy atom. The number of hydrogen-bond donors (Lipinski definition) is 4. The molecule has 0 bridgehead atoms. The van der Waals surface area contributed by atoms with Gasteiger partial charge in [0.2, 0.25) is 23.3 Å². The Bertz CT molecular complexity index is 6830. The summed E-state index contributed by atoms with van der Waals surface area (Å²) < 4.78 is 67.6. The van der Waals surface area contributed by atoms with Crippen LogP contribution in [0.15, 0.2) is 244 Å². The molecule has 0 spiro atoms. The van der Waals surface area contributed by atoms with Gasteiger partial charge in [0.1, 0.15) is 23.3 Å². The number of rotatable bonds is 26. The van der Waals surface area contributed by atoms with Gasteiger partial charge in [-0.05, 0) is 279 Å². The summed E-state index contributed by atoms with van der Waals surface area (Å²) in [6.45, 7) is 20.4. The molecule has 0 atom stereocenters. The fraction of sp³-hybridized carbons (Fsp3) is 0.262. The molecule has 26 nitrogen and oxygen atoms in total. The van der Waals surface area contributed by atoms with E-state index >= 15 is 0 Å². The maximum atomic E-state index is 13.8.